The Morgan fingerprint density at radius 2 is 1.71 bits per heavy atom. The molecule has 0 aromatic heterocycles. The van der Waals surface area contributed by atoms with E-state index in [0.29, 0.717) is 23.3 Å². The summed E-state index contributed by atoms with van der Waals surface area (Å²) in [5, 5.41) is 1.27. The smallest absolute Gasteiger partial charge is 0.0746 e. The number of rotatable bonds is 6. The first-order valence-electron chi connectivity index (χ1n) is 5.82. The van der Waals surface area contributed by atoms with Crippen LogP contribution in [0.2, 0.25) is 10.0 Å². The van der Waals surface area contributed by atoms with Crippen LogP contribution in [0.3, 0.4) is 0 Å². The molecule has 0 saturated carbocycles. The molecule has 0 atom stereocenters. The highest BCUT2D eigenvalue weighted by Crippen LogP contribution is 2.25. The molecule has 0 saturated heterocycles. The third-order valence-electron chi connectivity index (χ3n) is 3.11. The van der Waals surface area contributed by atoms with Gasteiger partial charge in [0.25, 0.3) is 0 Å². The maximum atomic E-state index is 6.15. The van der Waals surface area contributed by atoms with E-state index in [-0.39, 0.29) is 5.54 Å². The molecule has 0 fully saturated rings. The van der Waals surface area contributed by atoms with Crippen LogP contribution >= 0.6 is 23.2 Å². The Morgan fingerprint density at radius 1 is 1.18 bits per heavy atom. The van der Waals surface area contributed by atoms with Crippen LogP contribution in [-0.2, 0) is 11.3 Å². The highest BCUT2D eigenvalue weighted by molar-refractivity contribution is 6.35. The number of hydrogen-bond donors (Lipinski definition) is 1. The molecule has 17 heavy (non-hydrogen) atoms. The fourth-order valence-electron chi connectivity index (χ4n) is 1.48. The Balaban J connectivity index is 2.57. The fourth-order valence-corrected chi connectivity index (χ4v) is 1.99. The van der Waals surface area contributed by atoms with Crippen molar-refractivity contribution < 1.29 is 4.74 Å². The Bertz CT molecular complexity index is 344. The highest BCUT2D eigenvalue weighted by atomic mass is 35.5. The number of benzene rings is 1. The molecule has 0 aliphatic heterocycles. The van der Waals surface area contributed by atoms with Gasteiger partial charge in [-0.1, -0.05) is 43.1 Å². The van der Waals surface area contributed by atoms with Crippen LogP contribution in [-0.4, -0.2) is 12.1 Å². The minimum atomic E-state index is -0.256. The monoisotopic (exact) mass is 275 g/mol. The fraction of sp³-hybridized carbons (Fsp3) is 0.538. The van der Waals surface area contributed by atoms with E-state index in [0.717, 1.165) is 18.4 Å². The van der Waals surface area contributed by atoms with Crippen molar-refractivity contribution in [1.29, 1.82) is 0 Å². The summed E-state index contributed by atoms with van der Waals surface area (Å²) in [5.41, 5.74) is 6.71. The summed E-state index contributed by atoms with van der Waals surface area (Å²) in [7, 11) is 0. The molecule has 1 aromatic carbocycles. The molecule has 2 nitrogen and oxygen atoms in total. The average molecular weight is 276 g/mol. The Kier molecular flexibility index (Phi) is 5.74. The molecule has 2 N–H and O–H groups in total. The lowest BCUT2D eigenvalue weighted by Crippen LogP contribution is -2.43. The highest BCUT2D eigenvalue weighted by Gasteiger charge is 2.20. The van der Waals surface area contributed by atoms with Gasteiger partial charge in [0.15, 0.2) is 0 Å². The summed E-state index contributed by atoms with van der Waals surface area (Å²) >= 11 is 12.1. The predicted octanol–water partition coefficient (Wildman–Crippen LogP) is 4.03. The molecule has 1 rings (SSSR count). The van der Waals surface area contributed by atoms with Gasteiger partial charge in [0.2, 0.25) is 0 Å². The van der Waals surface area contributed by atoms with E-state index in [1.807, 2.05) is 18.2 Å². The maximum absolute atomic E-state index is 6.15. The maximum Gasteiger partial charge on any atom is 0.0746 e. The summed E-state index contributed by atoms with van der Waals surface area (Å²) < 4.78 is 5.63. The molecule has 0 aliphatic carbocycles. The van der Waals surface area contributed by atoms with Gasteiger partial charge in [0.1, 0.15) is 0 Å². The summed E-state index contributed by atoms with van der Waals surface area (Å²) in [4.78, 5) is 0. The second-order valence-electron chi connectivity index (χ2n) is 4.26. The molecule has 4 heteroatoms. The van der Waals surface area contributed by atoms with E-state index in [4.69, 9.17) is 33.7 Å². The molecular weight excluding hydrogens is 257 g/mol. The molecule has 0 unspecified atom stereocenters. The van der Waals surface area contributed by atoms with Crippen molar-refractivity contribution in [3.05, 3.63) is 33.8 Å². The van der Waals surface area contributed by atoms with Crippen molar-refractivity contribution in [2.75, 3.05) is 6.61 Å². The molecule has 0 amide bonds. The number of nitrogens with two attached hydrogens (primary N) is 1. The molecular formula is C13H19Cl2NO. The third kappa shape index (κ3) is 4.14. The lowest BCUT2D eigenvalue weighted by molar-refractivity contribution is 0.0697. The number of ether oxygens (including phenoxy) is 1. The molecule has 96 valence electrons. The van der Waals surface area contributed by atoms with Crippen LogP contribution in [0.1, 0.15) is 32.3 Å². The van der Waals surface area contributed by atoms with Crippen molar-refractivity contribution >= 4 is 23.2 Å². The zero-order valence-electron chi connectivity index (χ0n) is 10.3. The zero-order valence-corrected chi connectivity index (χ0v) is 11.8. The number of halogens is 2. The number of hydrogen-bond acceptors (Lipinski definition) is 2. The Labute approximate surface area is 113 Å². The minimum absolute atomic E-state index is 0.256. The lowest BCUT2D eigenvalue weighted by atomic mass is 9.96. The first-order valence-corrected chi connectivity index (χ1v) is 6.57. The molecule has 0 heterocycles. The molecule has 0 spiro atoms. The van der Waals surface area contributed by atoms with E-state index < -0.39 is 0 Å². The molecule has 0 bridgehead atoms. The second kappa shape index (κ2) is 6.60. The van der Waals surface area contributed by atoms with Crippen molar-refractivity contribution in [3.8, 4) is 0 Å². The van der Waals surface area contributed by atoms with Gasteiger partial charge in [0.05, 0.1) is 13.2 Å². The topological polar surface area (TPSA) is 35.2 Å². The zero-order chi connectivity index (χ0) is 12.9. The largest absolute Gasteiger partial charge is 0.375 e. The van der Waals surface area contributed by atoms with E-state index in [9.17, 15) is 0 Å². The first kappa shape index (κ1) is 14.8. The quantitative estimate of drug-likeness (QED) is 0.851. The average Bonchev–Trinajstić information content (AvgIpc) is 2.32. The van der Waals surface area contributed by atoms with Gasteiger partial charge in [-0.3, -0.25) is 0 Å². The third-order valence-corrected chi connectivity index (χ3v) is 3.81. The normalized spacial score (nSPS) is 11.8. The molecule has 0 aliphatic rings. The van der Waals surface area contributed by atoms with Crippen LogP contribution in [0, 0.1) is 0 Å². The standard InChI is InChI=1S/C13H19Cl2NO/c1-3-13(16,4-2)9-17-8-10-11(14)6-5-7-12(10)15/h5-7H,3-4,8-9,16H2,1-2H3. The van der Waals surface area contributed by atoms with Gasteiger partial charge in [-0.15, -0.1) is 0 Å². The summed E-state index contributed by atoms with van der Waals surface area (Å²) in [6.45, 7) is 5.05. The lowest BCUT2D eigenvalue weighted by Gasteiger charge is -2.26. The van der Waals surface area contributed by atoms with Crippen molar-refractivity contribution in [3.63, 3.8) is 0 Å². The van der Waals surface area contributed by atoms with Crippen molar-refractivity contribution in [2.24, 2.45) is 5.73 Å². The van der Waals surface area contributed by atoms with Gasteiger partial charge in [-0.2, -0.15) is 0 Å². The molecule has 0 radical (unpaired) electrons. The van der Waals surface area contributed by atoms with Gasteiger partial charge in [-0.25, -0.2) is 0 Å². The molecule has 1 aromatic rings. The van der Waals surface area contributed by atoms with Crippen LogP contribution < -0.4 is 5.73 Å². The van der Waals surface area contributed by atoms with E-state index in [1.165, 1.54) is 0 Å². The Hall–Kier alpha value is -0.280. The second-order valence-corrected chi connectivity index (χ2v) is 5.08. The van der Waals surface area contributed by atoms with Gasteiger partial charge in [-0.05, 0) is 25.0 Å². The SMILES string of the molecule is CCC(N)(CC)COCc1c(Cl)cccc1Cl. The van der Waals surface area contributed by atoms with Gasteiger partial charge in [0, 0.05) is 21.1 Å². The van der Waals surface area contributed by atoms with Crippen molar-refractivity contribution in [2.45, 2.75) is 38.8 Å². The summed E-state index contributed by atoms with van der Waals surface area (Å²) in [6.07, 6.45) is 1.78. The van der Waals surface area contributed by atoms with E-state index in [2.05, 4.69) is 13.8 Å². The van der Waals surface area contributed by atoms with E-state index >= 15 is 0 Å². The van der Waals surface area contributed by atoms with Crippen molar-refractivity contribution in [1.82, 2.24) is 0 Å². The van der Waals surface area contributed by atoms with Gasteiger partial charge >= 0.3 is 0 Å². The van der Waals surface area contributed by atoms with Crippen LogP contribution in [0.25, 0.3) is 0 Å². The summed E-state index contributed by atoms with van der Waals surface area (Å²) in [5.74, 6) is 0. The van der Waals surface area contributed by atoms with E-state index in [1.54, 1.807) is 0 Å². The van der Waals surface area contributed by atoms with Gasteiger partial charge < -0.3 is 10.5 Å². The van der Waals surface area contributed by atoms with Crippen LogP contribution in [0.5, 0.6) is 0 Å². The van der Waals surface area contributed by atoms with Crippen LogP contribution in [0.4, 0.5) is 0 Å². The Morgan fingerprint density at radius 3 is 2.18 bits per heavy atom. The summed E-state index contributed by atoms with van der Waals surface area (Å²) in [6, 6.07) is 5.43. The minimum Gasteiger partial charge on any atom is -0.375 e. The first-order chi connectivity index (χ1) is 8.02. The van der Waals surface area contributed by atoms with Crippen LogP contribution in [0.15, 0.2) is 18.2 Å². The predicted molar refractivity (Wildman–Crippen MR) is 73.6 cm³/mol.